The first-order valence-electron chi connectivity index (χ1n) is 3.90. The maximum absolute atomic E-state index is 9.43. The molecule has 0 radical (unpaired) electrons. The quantitative estimate of drug-likeness (QED) is 0.739. The molecule has 2 rings (SSSR count). The highest BCUT2D eigenvalue weighted by Gasteiger charge is 2.10. The molecule has 0 aliphatic rings. The van der Waals surface area contributed by atoms with Crippen LogP contribution in [0.1, 0.15) is 11.1 Å². The molecule has 0 amide bonds. The Morgan fingerprint density at radius 2 is 2.46 bits per heavy atom. The number of hydrogen-bond donors (Lipinski definition) is 2. The van der Waals surface area contributed by atoms with Crippen molar-refractivity contribution < 1.29 is 5.11 Å². The van der Waals surface area contributed by atoms with Gasteiger partial charge in [0.2, 0.25) is 0 Å². The summed E-state index contributed by atoms with van der Waals surface area (Å²) < 4.78 is 0.977. The molecule has 0 fully saturated rings. The zero-order valence-corrected chi connectivity index (χ0v) is 7.66. The van der Waals surface area contributed by atoms with Gasteiger partial charge < -0.3 is 10.8 Å². The first-order chi connectivity index (χ1) is 6.31. The molecule has 0 aromatic carbocycles. The summed E-state index contributed by atoms with van der Waals surface area (Å²) in [4.78, 5) is 8.20. The third-order valence-electron chi connectivity index (χ3n) is 1.72. The van der Waals surface area contributed by atoms with Crippen molar-refractivity contribution in [2.75, 3.05) is 6.54 Å². The minimum absolute atomic E-state index is 0.202. The van der Waals surface area contributed by atoms with Crippen LogP contribution in [-0.4, -0.2) is 21.6 Å². The standard InChI is InChI=1S/C8H9N3OS/c9-3-6(12)8-11-5-1-2-10-4-7(5)13-8/h1-2,4,6,12H,3,9H2. The molecule has 2 heterocycles. The number of nitrogens with zero attached hydrogens (tertiary/aromatic N) is 2. The summed E-state index contributed by atoms with van der Waals surface area (Å²) in [6, 6.07) is 1.82. The van der Waals surface area contributed by atoms with Gasteiger partial charge in [0, 0.05) is 18.9 Å². The Morgan fingerprint density at radius 3 is 3.15 bits per heavy atom. The van der Waals surface area contributed by atoms with E-state index < -0.39 is 6.10 Å². The second kappa shape index (κ2) is 3.37. The average molecular weight is 195 g/mol. The first-order valence-corrected chi connectivity index (χ1v) is 4.71. The average Bonchev–Trinajstić information content (AvgIpc) is 2.59. The smallest absolute Gasteiger partial charge is 0.124 e. The van der Waals surface area contributed by atoms with Crippen LogP contribution in [0.15, 0.2) is 18.5 Å². The van der Waals surface area contributed by atoms with Crippen molar-refractivity contribution in [1.29, 1.82) is 0 Å². The normalized spacial score (nSPS) is 13.4. The zero-order valence-electron chi connectivity index (χ0n) is 6.84. The largest absolute Gasteiger partial charge is 0.385 e. The summed E-state index contributed by atoms with van der Waals surface area (Å²) in [6.45, 7) is 0.202. The predicted octanol–water partition coefficient (Wildman–Crippen LogP) is 0.683. The lowest BCUT2D eigenvalue weighted by Gasteiger charge is -2.00. The number of thiazole rings is 1. The fourth-order valence-corrected chi connectivity index (χ4v) is 1.97. The van der Waals surface area contributed by atoms with E-state index in [1.165, 1.54) is 11.3 Å². The Hall–Kier alpha value is -1.04. The summed E-state index contributed by atoms with van der Waals surface area (Å²) in [5.41, 5.74) is 6.19. The van der Waals surface area contributed by atoms with Crippen LogP contribution in [0.2, 0.25) is 0 Å². The molecular formula is C8H9N3OS. The Balaban J connectivity index is 2.49. The van der Waals surface area contributed by atoms with Crippen molar-refractivity contribution in [3.8, 4) is 0 Å². The lowest BCUT2D eigenvalue weighted by molar-refractivity contribution is 0.186. The van der Waals surface area contributed by atoms with Gasteiger partial charge in [-0.1, -0.05) is 0 Å². The number of aromatic nitrogens is 2. The predicted molar refractivity (Wildman–Crippen MR) is 51.4 cm³/mol. The van der Waals surface area contributed by atoms with Gasteiger partial charge in [-0.15, -0.1) is 11.3 Å². The molecule has 0 spiro atoms. The highest BCUT2D eigenvalue weighted by atomic mass is 32.1. The van der Waals surface area contributed by atoms with E-state index in [9.17, 15) is 5.11 Å². The summed E-state index contributed by atoms with van der Waals surface area (Å²) in [5.74, 6) is 0. The van der Waals surface area contributed by atoms with Crippen molar-refractivity contribution in [1.82, 2.24) is 9.97 Å². The number of fused-ring (bicyclic) bond motifs is 1. The Labute approximate surface area is 79.1 Å². The highest BCUT2D eigenvalue weighted by Crippen LogP contribution is 2.24. The molecule has 0 aliphatic heterocycles. The topological polar surface area (TPSA) is 72.0 Å². The summed E-state index contributed by atoms with van der Waals surface area (Å²) in [7, 11) is 0. The van der Waals surface area contributed by atoms with Crippen molar-refractivity contribution in [3.05, 3.63) is 23.5 Å². The molecule has 13 heavy (non-hydrogen) atoms. The van der Waals surface area contributed by atoms with Gasteiger partial charge in [0.15, 0.2) is 0 Å². The molecule has 1 unspecified atom stereocenters. The van der Waals surface area contributed by atoms with Crippen molar-refractivity contribution in [2.45, 2.75) is 6.10 Å². The summed E-state index contributed by atoms with van der Waals surface area (Å²) >= 11 is 1.43. The number of rotatable bonds is 2. The van der Waals surface area contributed by atoms with Crippen LogP contribution in [0.25, 0.3) is 10.2 Å². The molecule has 0 saturated carbocycles. The van der Waals surface area contributed by atoms with Gasteiger partial charge in [-0.3, -0.25) is 4.98 Å². The Morgan fingerprint density at radius 1 is 1.62 bits per heavy atom. The maximum atomic E-state index is 9.43. The number of hydrogen-bond acceptors (Lipinski definition) is 5. The van der Waals surface area contributed by atoms with Crippen molar-refractivity contribution in [2.24, 2.45) is 5.73 Å². The van der Waals surface area contributed by atoms with Crippen LogP contribution in [0.5, 0.6) is 0 Å². The Bertz CT molecular complexity index is 381. The van der Waals surface area contributed by atoms with Crippen LogP contribution < -0.4 is 5.73 Å². The molecule has 0 bridgehead atoms. The molecule has 1 atom stereocenters. The van der Waals surface area contributed by atoms with Crippen LogP contribution in [0.4, 0.5) is 0 Å². The molecule has 0 aliphatic carbocycles. The van der Waals surface area contributed by atoms with Crippen LogP contribution >= 0.6 is 11.3 Å². The van der Waals surface area contributed by atoms with Crippen LogP contribution in [0, 0.1) is 0 Å². The van der Waals surface area contributed by atoms with E-state index in [1.807, 2.05) is 6.07 Å². The fourth-order valence-electron chi connectivity index (χ4n) is 1.04. The SMILES string of the molecule is NCC(O)c1nc2ccncc2s1. The third-order valence-corrected chi connectivity index (χ3v) is 2.82. The van der Waals surface area contributed by atoms with E-state index in [1.54, 1.807) is 12.4 Å². The van der Waals surface area contributed by atoms with E-state index >= 15 is 0 Å². The van der Waals surface area contributed by atoms with E-state index in [-0.39, 0.29) is 6.54 Å². The molecule has 4 nitrogen and oxygen atoms in total. The molecule has 2 aromatic rings. The minimum atomic E-state index is -0.655. The van der Waals surface area contributed by atoms with Gasteiger partial charge in [0.1, 0.15) is 11.1 Å². The lowest BCUT2D eigenvalue weighted by atomic mass is 10.4. The lowest BCUT2D eigenvalue weighted by Crippen LogP contribution is -2.10. The van der Waals surface area contributed by atoms with Gasteiger partial charge >= 0.3 is 0 Å². The maximum Gasteiger partial charge on any atom is 0.124 e. The summed E-state index contributed by atoms with van der Waals surface area (Å²) in [5, 5.41) is 10.1. The minimum Gasteiger partial charge on any atom is -0.385 e. The Kier molecular flexibility index (Phi) is 2.22. The molecule has 0 saturated heterocycles. The monoisotopic (exact) mass is 195 g/mol. The van der Waals surface area contributed by atoms with Gasteiger partial charge in [-0.25, -0.2) is 4.98 Å². The second-order valence-electron chi connectivity index (χ2n) is 2.65. The van der Waals surface area contributed by atoms with Crippen LogP contribution in [-0.2, 0) is 0 Å². The third kappa shape index (κ3) is 1.53. The molecule has 2 aromatic heterocycles. The number of aliphatic hydroxyl groups excluding tert-OH is 1. The molecule has 5 heteroatoms. The zero-order chi connectivity index (χ0) is 9.26. The van der Waals surface area contributed by atoms with Gasteiger partial charge in [-0.05, 0) is 6.07 Å². The number of aliphatic hydroxyl groups is 1. The second-order valence-corrected chi connectivity index (χ2v) is 3.71. The molecule has 68 valence electrons. The highest BCUT2D eigenvalue weighted by molar-refractivity contribution is 7.18. The van der Waals surface area contributed by atoms with Crippen LogP contribution in [0.3, 0.4) is 0 Å². The number of nitrogens with two attached hydrogens (primary N) is 1. The van der Waals surface area contributed by atoms with Gasteiger partial charge in [0.05, 0.1) is 10.2 Å². The van der Waals surface area contributed by atoms with E-state index in [2.05, 4.69) is 9.97 Å². The summed E-state index contributed by atoms with van der Waals surface area (Å²) in [6.07, 6.45) is 2.76. The van der Waals surface area contributed by atoms with E-state index in [0.29, 0.717) is 5.01 Å². The van der Waals surface area contributed by atoms with Gasteiger partial charge in [0.25, 0.3) is 0 Å². The van der Waals surface area contributed by atoms with Gasteiger partial charge in [-0.2, -0.15) is 0 Å². The van der Waals surface area contributed by atoms with E-state index in [0.717, 1.165) is 10.2 Å². The molecule has 3 N–H and O–H groups in total. The van der Waals surface area contributed by atoms with Crippen molar-refractivity contribution in [3.63, 3.8) is 0 Å². The fraction of sp³-hybridized carbons (Fsp3) is 0.250. The van der Waals surface area contributed by atoms with E-state index in [4.69, 9.17) is 5.73 Å². The first kappa shape index (κ1) is 8.55. The van der Waals surface area contributed by atoms with Crippen molar-refractivity contribution >= 4 is 21.6 Å². The number of pyridine rings is 1. The molecular weight excluding hydrogens is 186 g/mol.